The van der Waals surface area contributed by atoms with Gasteiger partial charge in [0.2, 0.25) is 0 Å². The molecular weight excluding hydrogens is 204 g/mol. The lowest BCUT2D eigenvalue weighted by Gasteiger charge is -2.02. The van der Waals surface area contributed by atoms with E-state index in [1.54, 1.807) is 19.4 Å². The summed E-state index contributed by atoms with van der Waals surface area (Å²) in [5.74, 6) is 0.704. The van der Waals surface area contributed by atoms with Crippen molar-refractivity contribution in [2.24, 2.45) is 0 Å². The molecule has 0 radical (unpaired) electrons. The molecule has 0 bridgehead atoms. The van der Waals surface area contributed by atoms with Crippen LogP contribution in [0.4, 0.5) is 0 Å². The van der Waals surface area contributed by atoms with Crippen LogP contribution >= 0.6 is 11.6 Å². The van der Waals surface area contributed by atoms with Gasteiger partial charge in [-0.05, 0) is 6.07 Å². The van der Waals surface area contributed by atoms with Gasteiger partial charge in [0.1, 0.15) is 11.0 Å². The highest BCUT2D eigenvalue weighted by Gasteiger charge is 1.97. The monoisotopic (exact) mass is 216 g/mol. The van der Waals surface area contributed by atoms with Crippen molar-refractivity contribution in [3.05, 3.63) is 23.2 Å². The zero-order valence-electron chi connectivity index (χ0n) is 8.07. The van der Waals surface area contributed by atoms with E-state index in [9.17, 15) is 0 Å². The summed E-state index contributed by atoms with van der Waals surface area (Å²) in [6.45, 7) is 1.79. The van der Waals surface area contributed by atoms with Crippen LogP contribution in [0.2, 0.25) is 5.15 Å². The second-order valence-electron chi connectivity index (χ2n) is 2.65. The summed E-state index contributed by atoms with van der Waals surface area (Å²) in [5, 5.41) is 0.465. The van der Waals surface area contributed by atoms with Gasteiger partial charge >= 0.3 is 0 Å². The van der Waals surface area contributed by atoms with Gasteiger partial charge in [0.25, 0.3) is 0 Å². The third-order valence-electron chi connectivity index (χ3n) is 1.57. The Morgan fingerprint density at radius 2 is 2.21 bits per heavy atom. The molecule has 0 amide bonds. The fourth-order valence-electron chi connectivity index (χ4n) is 0.902. The van der Waals surface area contributed by atoms with E-state index in [4.69, 9.17) is 21.1 Å². The molecule has 0 fully saturated rings. The Morgan fingerprint density at radius 3 is 2.93 bits per heavy atom. The summed E-state index contributed by atoms with van der Waals surface area (Å²) < 4.78 is 10.1. The van der Waals surface area contributed by atoms with Gasteiger partial charge in [0.15, 0.2) is 0 Å². The summed E-state index contributed by atoms with van der Waals surface area (Å²) in [7, 11) is 1.64. The Morgan fingerprint density at radius 1 is 1.36 bits per heavy atom. The summed E-state index contributed by atoms with van der Waals surface area (Å²) in [5.41, 5.74) is 0. The van der Waals surface area contributed by atoms with E-state index in [0.717, 1.165) is 0 Å². The second kappa shape index (κ2) is 6.70. The Kier molecular flexibility index (Phi) is 5.44. The minimum Gasteiger partial charge on any atom is -0.382 e. The quantitative estimate of drug-likeness (QED) is 0.532. The smallest absolute Gasteiger partial charge is 0.132 e. The van der Waals surface area contributed by atoms with Crippen LogP contribution < -0.4 is 0 Å². The van der Waals surface area contributed by atoms with Crippen molar-refractivity contribution in [3.63, 3.8) is 0 Å². The predicted molar refractivity (Wildman–Crippen MR) is 53.4 cm³/mol. The first-order valence-corrected chi connectivity index (χ1v) is 4.75. The van der Waals surface area contributed by atoms with E-state index in [1.807, 2.05) is 0 Å². The molecule has 4 nitrogen and oxygen atoms in total. The lowest BCUT2D eigenvalue weighted by atomic mass is 10.4. The predicted octanol–water partition coefficient (Wildman–Crippen LogP) is 1.34. The van der Waals surface area contributed by atoms with Crippen LogP contribution in [-0.2, 0) is 15.9 Å². The van der Waals surface area contributed by atoms with E-state index in [0.29, 0.717) is 37.2 Å². The highest BCUT2D eigenvalue weighted by molar-refractivity contribution is 6.29. The highest BCUT2D eigenvalue weighted by atomic mass is 35.5. The molecular formula is C9H13ClN2O2. The largest absolute Gasteiger partial charge is 0.382 e. The molecule has 0 N–H and O–H groups in total. The molecule has 1 heterocycles. The van der Waals surface area contributed by atoms with Crippen LogP contribution in [0.3, 0.4) is 0 Å². The van der Waals surface area contributed by atoms with Crippen LogP contribution in [0.5, 0.6) is 0 Å². The normalized spacial score (nSPS) is 10.4. The van der Waals surface area contributed by atoms with E-state index in [2.05, 4.69) is 9.97 Å². The number of aromatic nitrogens is 2. The standard InChI is InChI=1S/C9H13ClN2O2/c1-13-6-7-14-5-3-9-11-4-2-8(10)12-9/h2,4H,3,5-7H2,1H3. The van der Waals surface area contributed by atoms with Crippen molar-refractivity contribution in [2.45, 2.75) is 6.42 Å². The first-order chi connectivity index (χ1) is 6.83. The topological polar surface area (TPSA) is 44.2 Å². The first kappa shape index (κ1) is 11.4. The molecule has 0 atom stereocenters. The maximum Gasteiger partial charge on any atom is 0.132 e. The van der Waals surface area contributed by atoms with Crippen molar-refractivity contribution in [3.8, 4) is 0 Å². The summed E-state index contributed by atoms with van der Waals surface area (Å²) in [6, 6.07) is 1.65. The average molecular weight is 217 g/mol. The van der Waals surface area contributed by atoms with Crippen molar-refractivity contribution >= 4 is 11.6 Å². The van der Waals surface area contributed by atoms with Gasteiger partial charge < -0.3 is 9.47 Å². The molecule has 0 spiro atoms. The van der Waals surface area contributed by atoms with E-state index >= 15 is 0 Å². The Hall–Kier alpha value is -0.710. The lowest BCUT2D eigenvalue weighted by Crippen LogP contribution is -2.06. The molecule has 0 saturated carbocycles. The van der Waals surface area contributed by atoms with Crippen molar-refractivity contribution < 1.29 is 9.47 Å². The number of hydrogen-bond acceptors (Lipinski definition) is 4. The number of hydrogen-bond donors (Lipinski definition) is 0. The van der Waals surface area contributed by atoms with E-state index in [1.165, 1.54) is 0 Å². The van der Waals surface area contributed by atoms with Gasteiger partial charge in [-0.2, -0.15) is 0 Å². The van der Waals surface area contributed by atoms with Crippen LogP contribution in [0.25, 0.3) is 0 Å². The van der Waals surface area contributed by atoms with Crippen LogP contribution in [0.15, 0.2) is 12.3 Å². The molecule has 1 aromatic rings. The van der Waals surface area contributed by atoms with E-state index < -0.39 is 0 Å². The van der Waals surface area contributed by atoms with Crippen molar-refractivity contribution in [1.29, 1.82) is 0 Å². The molecule has 5 heteroatoms. The fourth-order valence-corrected chi connectivity index (χ4v) is 1.06. The second-order valence-corrected chi connectivity index (χ2v) is 3.04. The van der Waals surface area contributed by atoms with Crippen LogP contribution in [-0.4, -0.2) is 36.9 Å². The Balaban J connectivity index is 2.18. The molecule has 0 saturated heterocycles. The van der Waals surface area contributed by atoms with Crippen LogP contribution in [0, 0.1) is 0 Å². The molecule has 1 rings (SSSR count). The first-order valence-electron chi connectivity index (χ1n) is 4.37. The molecule has 0 aliphatic carbocycles. The average Bonchev–Trinajstić information content (AvgIpc) is 2.18. The van der Waals surface area contributed by atoms with Gasteiger partial charge in [0.05, 0.1) is 19.8 Å². The number of halogens is 1. The Labute approximate surface area is 88.2 Å². The number of ether oxygens (including phenoxy) is 2. The molecule has 0 unspecified atom stereocenters. The van der Waals surface area contributed by atoms with Crippen molar-refractivity contribution in [1.82, 2.24) is 9.97 Å². The SMILES string of the molecule is COCCOCCc1nccc(Cl)n1. The number of nitrogens with zero attached hydrogens (tertiary/aromatic N) is 2. The van der Waals surface area contributed by atoms with Crippen LogP contribution in [0.1, 0.15) is 5.82 Å². The third kappa shape index (κ3) is 4.50. The zero-order valence-corrected chi connectivity index (χ0v) is 8.83. The summed E-state index contributed by atoms with van der Waals surface area (Å²) >= 11 is 5.70. The van der Waals surface area contributed by atoms with Crippen molar-refractivity contribution in [2.75, 3.05) is 26.9 Å². The van der Waals surface area contributed by atoms with Gasteiger partial charge in [-0.3, -0.25) is 0 Å². The minimum atomic E-state index is 0.465. The number of methoxy groups -OCH3 is 1. The third-order valence-corrected chi connectivity index (χ3v) is 1.78. The fraction of sp³-hybridized carbons (Fsp3) is 0.556. The highest BCUT2D eigenvalue weighted by Crippen LogP contribution is 2.02. The molecule has 78 valence electrons. The molecule has 0 aromatic carbocycles. The molecule has 0 aliphatic rings. The van der Waals surface area contributed by atoms with E-state index in [-0.39, 0.29) is 0 Å². The van der Waals surface area contributed by atoms with Gasteiger partial charge in [-0.25, -0.2) is 9.97 Å². The Bertz CT molecular complexity index is 271. The molecule has 0 aliphatic heterocycles. The van der Waals surface area contributed by atoms with Gasteiger partial charge in [-0.15, -0.1) is 0 Å². The zero-order chi connectivity index (χ0) is 10.2. The molecule has 1 aromatic heterocycles. The van der Waals surface area contributed by atoms with Gasteiger partial charge in [0, 0.05) is 19.7 Å². The summed E-state index contributed by atoms with van der Waals surface area (Å²) in [6.07, 6.45) is 2.31. The molecule has 14 heavy (non-hydrogen) atoms. The maximum absolute atomic E-state index is 5.70. The van der Waals surface area contributed by atoms with Gasteiger partial charge in [-0.1, -0.05) is 11.6 Å². The number of rotatable bonds is 6. The maximum atomic E-state index is 5.70. The summed E-state index contributed by atoms with van der Waals surface area (Å²) in [4.78, 5) is 8.08. The lowest BCUT2D eigenvalue weighted by molar-refractivity contribution is 0.0716. The minimum absolute atomic E-state index is 0.465.